The fraction of sp³-hybridized carbons (Fsp3) is 0.500. The van der Waals surface area contributed by atoms with Gasteiger partial charge in [-0.2, -0.15) is 0 Å². The Kier molecular flexibility index (Phi) is 2.00. The maximum Gasteiger partial charge on any atom is 0.169 e. The summed E-state index contributed by atoms with van der Waals surface area (Å²) in [5.74, 6) is 1.14. The first-order chi connectivity index (χ1) is 5.36. The second-order valence-electron chi connectivity index (χ2n) is 2.75. The van der Waals surface area contributed by atoms with Gasteiger partial charge in [-0.15, -0.1) is 0 Å². The van der Waals surface area contributed by atoms with Crippen molar-refractivity contribution in [2.24, 2.45) is 0 Å². The molecule has 0 saturated heterocycles. The van der Waals surface area contributed by atoms with Crippen molar-refractivity contribution in [3.05, 3.63) is 22.1 Å². The van der Waals surface area contributed by atoms with Crippen LogP contribution in [0.1, 0.15) is 11.3 Å². The molecule has 1 aromatic rings. The van der Waals surface area contributed by atoms with Crippen LogP contribution in [0.4, 0.5) is 0 Å². The Morgan fingerprint density at radius 3 is 3.09 bits per heavy atom. The molecule has 2 rings (SSSR count). The van der Waals surface area contributed by atoms with Gasteiger partial charge >= 0.3 is 0 Å². The molecule has 0 aliphatic carbocycles. The second-order valence-corrected chi connectivity index (χ2v) is 3.53. The van der Waals surface area contributed by atoms with Crippen LogP contribution in [0.5, 0.6) is 0 Å². The lowest BCUT2D eigenvalue weighted by Gasteiger charge is -1.93. The molecule has 0 unspecified atom stereocenters. The molecule has 60 valence electrons. The third-order valence-electron chi connectivity index (χ3n) is 1.97. The molecule has 0 fully saturated rings. The molecule has 0 bridgehead atoms. The molecular formula is C8H10BrNO. The van der Waals surface area contributed by atoms with Gasteiger partial charge in [0.1, 0.15) is 5.76 Å². The summed E-state index contributed by atoms with van der Waals surface area (Å²) in [5.41, 5.74) is 1.35. The van der Waals surface area contributed by atoms with Crippen molar-refractivity contribution in [3.8, 4) is 0 Å². The first kappa shape index (κ1) is 7.37. The topological polar surface area (TPSA) is 25.2 Å². The van der Waals surface area contributed by atoms with Crippen molar-refractivity contribution in [2.45, 2.75) is 12.8 Å². The molecule has 2 heterocycles. The van der Waals surface area contributed by atoms with E-state index in [1.165, 1.54) is 5.56 Å². The number of fused-ring (bicyclic) bond motifs is 1. The van der Waals surface area contributed by atoms with Gasteiger partial charge in [-0.3, -0.25) is 0 Å². The van der Waals surface area contributed by atoms with Gasteiger partial charge in [-0.1, -0.05) is 0 Å². The van der Waals surface area contributed by atoms with Crippen LogP contribution in [0.25, 0.3) is 0 Å². The third-order valence-corrected chi connectivity index (χ3v) is 2.36. The van der Waals surface area contributed by atoms with E-state index in [9.17, 15) is 0 Å². The summed E-state index contributed by atoms with van der Waals surface area (Å²) in [5, 5.41) is 3.32. The largest absolute Gasteiger partial charge is 0.454 e. The number of furan rings is 1. The van der Waals surface area contributed by atoms with Crippen molar-refractivity contribution in [1.82, 2.24) is 5.32 Å². The molecule has 0 radical (unpaired) electrons. The minimum Gasteiger partial charge on any atom is -0.454 e. The van der Waals surface area contributed by atoms with E-state index in [4.69, 9.17) is 4.42 Å². The highest BCUT2D eigenvalue weighted by molar-refractivity contribution is 9.10. The van der Waals surface area contributed by atoms with Crippen LogP contribution < -0.4 is 5.32 Å². The van der Waals surface area contributed by atoms with Crippen molar-refractivity contribution in [1.29, 1.82) is 0 Å². The summed E-state index contributed by atoms with van der Waals surface area (Å²) < 4.78 is 6.33. The number of hydrogen-bond acceptors (Lipinski definition) is 2. The Morgan fingerprint density at radius 1 is 1.36 bits per heavy atom. The van der Waals surface area contributed by atoms with Crippen LogP contribution in [0.3, 0.4) is 0 Å². The summed E-state index contributed by atoms with van der Waals surface area (Å²) in [7, 11) is 0. The van der Waals surface area contributed by atoms with E-state index in [0.29, 0.717) is 0 Å². The van der Waals surface area contributed by atoms with Gasteiger partial charge in [0.2, 0.25) is 0 Å². The molecular weight excluding hydrogens is 206 g/mol. The average molecular weight is 216 g/mol. The quantitative estimate of drug-likeness (QED) is 0.714. The van der Waals surface area contributed by atoms with Gasteiger partial charge in [-0.05, 0) is 40.5 Å². The lowest BCUT2D eigenvalue weighted by molar-refractivity contribution is 0.484. The van der Waals surface area contributed by atoms with E-state index in [2.05, 4.69) is 27.3 Å². The van der Waals surface area contributed by atoms with Crippen molar-refractivity contribution in [2.75, 3.05) is 13.1 Å². The van der Waals surface area contributed by atoms with Crippen LogP contribution in [-0.4, -0.2) is 13.1 Å². The lowest BCUT2D eigenvalue weighted by atomic mass is 10.2. The monoisotopic (exact) mass is 215 g/mol. The van der Waals surface area contributed by atoms with Crippen LogP contribution in [-0.2, 0) is 12.8 Å². The van der Waals surface area contributed by atoms with E-state index >= 15 is 0 Å². The fourth-order valence-electron chi connectivity index (χ4n) is 1.40. The van der Waals surface area contributed by atoms with Crippen LogP contribution in [0.2, 0.25) is 0 Å². The Hall–Kier alpha value is -0.280. The van der Waals surface area contributed by atoms with Crippen molar-refractivity contribution in [3.63, 3.8) is 0 Å². The summed E-state index contributed by atoms with van der Waals surface area (Å²) in [6.45, 7) is 2.10. The lowest BCUT2D eigenvalue weighted by Crippen LogP contribution is -2.16. The smallest absolute Gasteiger partial charge is 0.169 e. The van der Waals surface area contributed by atoms with Gasteiger partial charge in [0.05, 0.1) is 0 Å². The van der Waals surface area contributed by atoms with Crippen molar-refractivity contribution >= 4 is 15.9 Å². The number of rotatable bonds is 0. The Morgan fingerprint density at radius 2 is 2.18 bits per heavy atom. The SMILES string of the molecule is Brc1cc2c(o1)CCNCC2. The third kappa shape index (κ3) is 1.49. The molecule has 0 atom stereocenters. The summed E-state index contributed by atoms with van der Waals surface area (Å²) >= 11 is 3.33. The molecule has 3 heteroatoms. The Labute approximate surface area is 74.1 Å². The van der Waals surface area contributed by atoms with Crippen molar-refractivity contribution < 1.29 is 4.42 Å². The van der Waals surface area contributed by atoms with E-state index in [0.717, 1.165) is 36.4 Å². The average Bonchev–Trinajstić information content (AvgIpc) is 2.17. The molecule has 0 spiro atoms. The molecule has 0 amide bonds. The highest BCUT2D eigenvalue weighted by Gasteiger charge is 2.11. The number of hydrogen-bond donors (Lipinski definition) is 1. The molecule has 1 aliphatic rings. The zero-order chi connectivity index (χ0) is 7.68. The number of halogens is 1. The van der Waals surface area contributed by atoms with Crippen LogP contribution >= 0.6 is 15.9 Å². The molecule has 1 N–H and O–H groups in total. The summed E-state index contributed by atoms with van der Waals surface area (Å²) in [6, 6.07) is 2.07. The molecule has 1 aromatic heterocycles. The molecule has 0 saturated carbocycles. The maximum atomic E-state index is 5.46. The molecule has 1 aliphatic heterocycles. The van der Waals surface area contributed by atoms with Crippen LogP contribution in [0.15, 0.2) is 15.2 Å². The Balaban J connectivity index is 2.32. The molecule has 2 nitrogen and oxygen atoms in total. The highest BCUT2D eigenvalue weighted by Crippen LogP contribution is 2.21. The van der Waals surface area contributed by atoms with E-state index in [1.807, 2.05) is 0 Å². The normalized spacial score (nSPS) is 17.5. The van der Waals surface area contributed by atoms with E-state index in [1.54, 1.807) is 0 Å². The molecule has 0 aromatic carbocycles. The Bertz CT molecular complexity index is 233. The predicted octanol–water partition coefficient (Wildman–Crippen LogP) is 1.73. The van der Waals surface area contributed by atoms with Gasteiger partial charge in [0.15, 0.2) is 4.67 Å². The zero-order valence-electron chi connectivity index (χ0n) is 6.19. The highest BCUT2D eigenvalue weighted by atomic mass is 79.9. The van der Waals surface area contributed by atoms with E-state index < -0.39 is 0 Å². The van der Waals surface area contributed by atoms with Gasteiger partial charge in [0.25, 0.3) is 0 Å². The zero-order valence-corrected chi connectivity index (χ0v) is 7.78. The number of nitrogens with one attached hydrogen (secondary N) is 1. The predicted molar refractivity (Wildman–Crippen MR) is 46.7 cm³/mol. The van der Waals surface area contributed by atoms with Gasteiger partial charge in [0, 0.05) is 13.0 Å². The van der Waals surface area contributed by atoms with E-state index in [-0.39, 0.29) is 0 Å². The second kappa shape index (κ2) is 2.99. The molecule has 11 heavy (non-hydrogen) atoms. The van der Waals surface area contributed by atoms with Crippen LogP contribution in [0, 0.1) is 0 Å². The standard InChI is InChI=1S/C8H10BrNO/c9-8-5-6-1-3-10-4-2-7(6)11-8/h5,10H,1-4H2. The first-order valence-corrected chi connectivity index (χ1v) is 4.63. The van der Waals surface area contributed by atoms with Gasteiger partial charge in [-0.25, -0.2) is 0 Å². The fourth-order valence-corrected chi connectivity index (χ4v) is 1.88. The first-order valence-electron chi connectivity index (χ1n) is 3.84. The summed E-state index contributed by atoms with van der Waals surface area (Å²) in [6.07, 6.45) is 2.10. The summed E-state index contributed by atoms with van der Waals surface area (Å²) in [4.78, 5) is 0. The minimum atomic E-state index is 0.865. The maximum absolute atomic E-state index is 5.46. The van der Waals surface area contributed by atoms with Gasteiger partial charge < -0.3 is 9.73 Å². The minimum absolute atomic E-state index is 0.865.